The van der Waals surface area contributed by atoms with Crippen molar-refractivity contribution in [1.82, 2.24) is 9.78 Å². The lowest BCUT2D eigenvalue weighted by molar-refractivity contribution is 0.107. The molecule has 2 aromatic rings. The van der Waals surface area contributed by atoms with Crippen molar-refractivity contribution in [2.75, 3.05) is 0 Å². The Kier molecular flexibility index (Phi) is 3.16. The summed E-state index contributed by atoms with van der Waals surface area (Å²) in [5.41, 5.74) is 1.15. The second-order valence-corrected chi connectivity index (χ2v) is 4.00. The summed E-state index contributed by atoms with van der Waals surface area (Å²) in [6, 6.07) is 7.40. The molecule has 1 atom stereocenters. The van der Waals surface area contributed by atoms with Crippen LogP contribution in [-0.2, 0) is 0 Å². The lowest BCUT2D eigenvalue weighted by Crippen LogP contribution is -2.05. The summed E-state index contributed by atoms with van der Waals surface area (Å²) in [6.07, 6.45) is 0. The van der Waals surface area contributed by atoms with Gasteiger partial charge in [-0.3, -0.25) is 4.79 Å². The fourth-order valence-electron chi connectivity index (χ4n) is 1.80. The Labute approximate surface area is 104 Å². The van der Waals surface area contributed by atoms with Crippen molar-refractivity contribution in [3.05, 3.63) is 30.0 Å². The van der Waals surface area contributed by atoms with Gasteiger partial charge in [-0.25, -0.2) is 4.68 Å². The number of fused-ring (bicyclic) bond motifs is 1. The van der Waals surface area contributed by atoms with E-state index in [9.17, 15) is 4.79 Å². The van der Waals surface area contributed by atoms with Gasteiger partial charge in [0.1, 0.15) is 6.04 Å². The minimum Gasteiger partial charge on any atom is -0.274 e. The van der Waals surface area contributed by atoms with Crippen LogP contribution in [0, 0.1) is 11.8 Å². The molecule has 1 aromatic heterocycles. The Morgan fingerprint density at radius 2 is 2.18 bits per heavy atom. The van der Waals surface area contributed by atoms with E-state index in [4.69, 9.17) is 11.6 Å². The van der Waals surface area contributed by atoms with E-state index < -0.39 is 5.24 Å². The Morgan fingerprint density at radius 3 is 2.82 bits per heavy atom. The van der Waals surface area contributed by atoms with Gasteiger partial charge in [0.25, 0.3) is 5.24 Å². The second-order valence-electron chi connectivity index (χ2n) is 3.65. The monoisotopic (exact) mass is 246 g/mol. The Hall–Kier alpha value is -1.79. The van der Waals surface area contributed by atoms with Crippen LogP contribution in [0.25, 0.3) is 10.9 Å². The molecule has 86 valence electrons. The highest BCUT2D eigenvalue weighted by Gasteiger charge is 2.16. The van der Waals surface area contributed by atoms with Crippen LogP contribution in [0.15, 0.2) is 24.3 Å². The summed E-state index contributed by atoms with van der Waals surface area (Å²) in [4.78, 5) is 11.3. The molecule has 17 heavy (non-hydrogen) atoms. The third kappa shape index (κ3) is 2.04. The molecule has 1 aromatic carbocycles. The maximum absolute atomic E-state index is 11.3. The molecule has 0 saturated heterocycles. The average Bonchev–Trinajstić information content (AvgIpc) is 2.69. The molecule has 0 bridgehead atoms. The highest BCUT2D eigenvalue weighted by molar-refractivity contribution is 6.68. The van der Waals surface area contributed by atoms with Gasteiger partial charge in [0.15, 0.2) is 5.69 Å². The molecule has 0 aliphatic rings. The third-order valence-electron chi connectivity index (χ3n) is 2.52. The van der Waals surface area contributed by atoms with Crippen LogP contribution < -0.4 is 0 Å². The number of carbonyl (C=O) groups is 1. The van der Waals surface area contributed by atoms with Crippen molar-refractivity contribution in [2.45, 2.75) is 19.9 Å². The predicted molar refractivity (Wildman–Crippen MR) is 68.1 cm³/mol. The van der Waals surface area contributed by atoms with Crippen LogP contribution in [0.5, 0.6) is 0 Å². The molecule has 0 radical (unpaired) electrons. The predicted octanol–water partition coefficient (Wildman–Crippen LogP) is 3.00. The molecule has 0 amide bonds. The summed E-state index contributed by atoms with van der Waals surface area (Å²) in [5, 5.41) is 4.46. The zero-order valence-corrected chi connectivity index (χ0v) is 10.3. The van der Waals surface area contributed by atoms with E-state index in [-0.39, 0.29) is 11.7 Å². The van der Waals surface area contributed by atoms with Crippen LogP contribution in [-0.4, -0.2) is 15.0 Å². The summed E-state index contributed by atoms with van der Waals surface area (Å²) >= 11 is 5.53. The fourth-order valence-corrected chi connectivity index (χ4v) is 1.94. The molecular weight excluding hydrogens is 236 g/mol. The number of nitrogens with zero attached hydrogens (tertiary/aromatic N) is 2. The molecule has 3 nitrogen and oxygen atoms in total. The first-order valence-electron chi connectivity index (χ1n) is 5.24. The van der Waals surface area contributed by atoms with Crippen molar-refractivity contribution in [2.24, 2.45) is 0 Å². The maximum Gasteiger partial charge on any atom is 0.273 e. The van der Waals surface area contributed by atoms with Gasteiger partial charge >= 0.3 is 0 Å². The van der Waals surface area contributed by atoms with Crippen LogP contribution in [0.1, 0.15) is 30.4 Å². The number of hydrogen-bond donors (Lipinski definition) is 0. The van der Waals surface area contributed by atoms with E-state index in [1.165, 1.54) is 0 Å². The van der Waals surface area contributed by atoms with E-state index in [1.54, 1.807) is 11.6 Å². The molecule has 4 heteroatoms. The Balaban J connectivity index is 2.71. The number of hydrogen-bond acceptors (Lipinski definition) is 2. The first kappa shape index (κ1) is 11.7. The van der Waals surface area contributed by atoms with E-state index >= 15 is 0 Å². The highest BCUT2D eigenvalue weighted by Crippen LogP contribution is 2.22. The van der Waals surface area contributed by atoms with Crippen molar-refractivity contribution < 1.29 is 4.79 Å². The highest BCUT2D eigenvalue weighted by atomic mass is 35.5. The number of carbonyl (C=O) groups excluding carboxylic acids is 1. The van der Waals surface area contributed by atoms with Crippen molar-refractivity contribution in [3.63, 3.8) is 0 Å². The maximum atomic E-state index is 11.3. The minimum absolute atomic E-state index is 0.0883. The second kappa shape index (κ2) is 4.60. The number of para-hydroxylation sites is 1. The van der Waals surface area contributed by atoms with Gasteiger partial charge in [0.05, 0.1) is 5.52 Å². The van der Waals surface area contributed by atoms with Crippen LogP contribution in [0.3, 0.4) is 0 Å². The summed E-state index contributed by atoms with van der Waals surface area (Å²) in [6.45, 7) is 3.70. The van der Waals surface area contributed by atoms with Crippen molar-refractivity contribution >= 4 is 27.7 Å². The summed E-state index contributed by atoms with van der Waals surface area (Å²) < 4.78 is 1.72. The van der Waals surface area contributed by atoms with Crippen LogP contribution in [0.4, 0.5) is 0 Å². The standard InChI is InChI=1S/C13H11ClN2O/c1-3-6-9(2)16-11-8-5-4-7-10(11)12(15-16)13(14)17/h4-5,7-9H,1-2H3. The number of rotatable bonds is 2. The van der Waals surface area contributed by atoms with Gasteiger partial charge in [0, 0.05) is 5.39 Å². The topological polar surface area (TPSA) is 34.9 Å². The summed E-state index contributed by atoms with van der Waals surface area (Å²) in [5.74, 6) is 5.84. The molecule has 2 rings (SSSR count). The molecule has 0 aliphatic heterocycles. The van der Waals surface area contributed by atoms with Gasteiger partial charge in [-0.15, -0.1) is 5.92 Å². The van der Waals surface area contributed by atoms with E-state index in [0.29, 0.717) is 0 Å². The van der Waals surface area contributed by atoms with Crippen molar-refractivity contribution in [1.29, 1.82) is 0 Å². The first-order valence-corrected chi connectivity index (χ1v) is 5.62. The molecular formula is C13H11ClN2O. The van der Waals surface area contributed by atoms with Gasteiger partial charge < -0.3 is 0 Å². The lowest BCUT2D eigenvalue weighted by Gasteiger charge is -2.05. The number of benzene rings is 1. The SMILES string of the molecule is CC#CC(C)n1nc(C(=O)Cl)c2ccccc21. The molecule has 0 aliphatic carbocycles. The lowest BCUT2D eigenvalue weighted by atomic mass is 10.2. The zero-order valence-electron chi connectivity index (χ0n) is 9.57. The molecule has 0 N–H and O–H groups in total. The molecule has 0 spiro atoms. The van der Waals surface area contributed by atoms with Gasteiger partial charge in [0.2, 0.25) is 0 Å². The van der Waals surface area contributed by atoms with Gasteiger partial charge in [-0.05, 0) is 31.5 Å². The smallest absolute Gasteiger partial charge is 0.273 e. The Morgan fingerprint density at radius 1 is 1.47 bits per heavy atom. The van der Waals surface area contributed by atoms with Gasteiger partial charge in [-0.2, -0.15) is 5.10 Å². The average molecular weight is 247 g/mol. The largest absolute Gasteiger partial charge is 0.274 e. The van der Waals surface area contributed by atoms with E-state index in [2.05, 4.69) is 16.9 Å². The normalized spacial score (nSPS) is 11.9. The Bertz CT molecular complexity index is 634. The van der Waals surface area contributed by atoms with Crippen molar-refractivity contribution in [3.8, 4) is 11.8 Å². The number of halogens is 1. The minimum atomic E-state index is -0.545. The quantitative estimate of drug-likeness (QED) is 0.603. The van der Waals surface area contributed by atoms with E-state index in [0.717, 1.165) is 10.9 Å². The third-order valence-corrected chi connectivity index (χ3v) is 2.70. The van der Waals surface area contributed by atoms with Gasteiger partial charge in [-0.1, -0.05) is 24.1 Å². The first-order chi connectivity index (χ1) is 8.15. The fraction of sp³-hybridized carbons (Fsp3) is 0.231. The molecule has 1 heterocycles. The van der Waals surface area contributed by atoms with Crippen LogP contribution >= 0.6 is 11.6 Å². The molecule has 0 fully saturated rings. The molecule has 1 unspecified atom stereocenters. The van der Waals surface area contributed by atoms with E-state index in [1.807, 2.05) is 31.2 Å². The number of aromatic nitrogens is 2. The van der Waals surface area contributed by atoms with Crippen LogP contribution in [0.2, 0.25) is 0 Å². The summed E-state index contributed by atoms with van der Waals surface area (Å²) in [7, 11) is 0. The zero-order chi connectivity index (χ0) is 12.4. The molecule has 0 saturated carbocycles.